The summed E-state index contributed by atoms with van der Waals surface area (Å²) in [6.45, 7) is 3.34. The summed E-state index contributed by atoms with van der Waals surface area (Å²) in [5.41, 5.74) is 0. The molecule has 0 N–H and O–H groups in total. The molecule has 0 unspecified atom stereocenters. The van der Waals surface area contributed by atoms with Crippen molar-refractivity contribution in [3.8, 4) is 0 Å². The fourth-order valence-electron chi connectivity index (χ4n) is 1.93. The molecule has 2 aromatic rings. The van der Waals surface area contributed by atoms with E-state index in [2.05, 4.69) is 15.0 Å². The van der Waals surface area contributed by atoms with E-state index in [1.807, 2.05) is 19.1 Å². The summed E-state index contributed by atoms with van der Waals surface area (Å²) in [6, 6.07) is 4.54. The minimum atomic E-state index is 0.632. The van der Waals surface area contributed by atoms with Crippen molar-refractivity contribution < 1.29 is 8.94 Å². The SMILES string of the molecule is Cc1noc(CN(Cc2ccco2)C2CC2)n1. The van der Waals surface area contributed by atoms with Crippen molar-refractivity contribution >= 4 is 0 Å². The van der Waals surface area contributed by atoms with Crippen molar-refractivity contribution in [1.29, 1.82) is 0 Å². The molecule has 0 spiro atoms. The zero-order chi connectivity index (χ0) is 11.7. The first-order valence-corrected chi connectivity index (χ1v) is 5.87. The van der Waals surface area contributed by atoms with Gasteiger partial charge in [-0.05, 0) is 31.9 Å². The van der Waals surface area contributed by atoms with E-state index in [-0.39, 0.29) is 0 Å². The fraction of sp³-hybridized carbons (Fsp3) is 0.500. The molecule has 0 amide bonds. The average molecular weight is 233 g/mol. The van der Waals surface area contributed by atoms with Crippen molar-refractivity contribution in [2.24, 2.45) is 0 Å². The van der Waals surface area contributed by atoms with Crippen LogP contribution in [-0.4, -0.2) is 21.1 Å². The number of aryl methyl sites for hydroxylation is 1. The van der Waals surface area contributed by atoms with Gasteiger partial charge in [0, 0.05) is 6.04 Å². The van der Waals surface area contributed by atoms with Gasteiger partial charge >= 0.3 is 0 Å². The normalized spacial score (nSPS) is 15.6. The number of hydrogen-bond donors (Lipinski definition) is 0. The highest BCUT2D eigenvalue weighted by Crippen LogP contribution is 2.29. The van der Waals surface area contributed by atoms with Gasteiger partial charge in [-0.25, -0.2) is 0 Å². The summed E-state index contributed by atoms with van der Waals surface area (Å²) in [5, 5.41) is 3.81. The van der Waals surface area contributed by atoms with Gasteiger partial charge < -0.3 is 8.94 Å². The molecule has 0 aliphatic heterocycles. The molecule has 17 heavy (non-hydrogen) atoms. The number of rotatable bonds is 5. The van der Waals surface area contributed by atoms with Gasteiger partial charge in [-0.1, -0.05) is 5.16 Å². The Morgan fingerprint density at radius 2 is 2.29 bits per heavy atom. The Balaban J connectivity index is 1.68. The van der Waals surface area contributed by atoms with E-state index in [4.69, 9.17) is 8.94 Å². The lowest BCUT2D eigenvalue weighted by molar-refractivity contribution is 0.195. The Bertz CT molecular complexity index is 474. The summed E-state index contributed by atoms with van der Waals surface area (Å²) >= 11 is 0. The third-order valence-electron chi connectivity index (χ3n) is 2.91. The quantitative estimate of drug-likeness (QED) is 0.791. The molecule has 1 fully saturated rings. The van der Waals surface area contributed by atoms with E-state index in [1.165, 1.54) is 12.8 Å². The molecular weight excluding hydrogens is 218 g/mol. The van der Waals surface area contributed by atoms with Gasteiger partial charge in [-0.2, -0.15) is 4.98 Å². The Morgan fingerprint density at radius 3 is 2.88 bits per heavy atom. The third-order valence-corrected chi connectivity index (χ3v) is 2.91. The van der Waals surface area contributed by atoms with Crippen molar-refractivity contribution in [1.82, 2.24) is 15.0 Å². The number of hydrogen-bond acceptors (Lipinski definition) is 5. The van der Waals surface area contributed by atoms with Gasteiger partial charge in [0.15, 0.2) is 5.82 Å². The second-order valence-corrected chi connectivity index (χ2v) is 4.45. The molecule has 0 saturated heterocycles. The molecule has 1 saturated carbocycles. The zero-order valence-electron chi connectivity index (χ0n) is 9.80. The highest BCUT2D eigenvalue weighted by Gasteiger charge is 2.30. The third kappa shape index (κ3) is 2.55. The van der Waals surface area contributed by atoms with Crippen LogP contribution in [0.3, 0.4) is 0 Å². The largest absolute Gasteiger partial charge is 0.468 e. The van der Waals surface area contributed by atoms with Crippen LogP contribution < -0.4 is 0 Å². The minimum absolute atomic E-state index is 0.632. The number of furan rings is 1. The summed E-state index contributed by atoms with van der Waals surface area (Å²) in [5.74, 6) is 2.35. The molecule has 2 aromatic heterocycles. The highest BCUT2D eigenvalue weighted by atomic mass is 16.5. The van der Waals surface area contributed by atoms with Crippen molar-refractivity contribution in [3.63, 3.8) is 0 Å². The predicted octanol–water partition coefficient (Wildman–Crippen LogP) is 2.14. The van der Waals surface area contributed by atoms with Crippen LogP contribution in [0.5, 0.6) is 0 Å². The lowest BCUT2D eigenvalue weighted by Crippen LogP contribution is -2.25. The van der Waals surface area contributed by atoms with Crippen LogP contribution >= 0.6 is 0 Å². The maximum atomic E-state index is 5.38. The summed E-state index contributed by atoms with van der Waals surface area (Å²) in [6.07, 6.45) is 4.19. The van der Waals surface area contributed by atoms with Crippen LogP contribution in [0.1, 0.15) is 30.3 Å². The predicted molar refractivity (Wildman–Crippen MR) is 60.0 cm³/mol. The van der Waals surface area contributed by atoms with Gasteiger partial charge in [-0.3, -0.25) is 4.90 Å². The topological polar surface area (TPSA) is 55.3 Å². The van der Waals surface area contributed by atoms with Crippen molar-refractivity contribution in [2.45, 2.75) is 38.9 Å². The Kier molecular flexibility index (Phi) is 2.68. The van der Waals surface area contributed by atoms with Crippen LogP contribution in [-0.2, 0) is 13.1 Å². The molecule has 1 aliphatic carbocycles. The molecular formula is C12H15N3O2. The molecule has 5 heteroatoms. The fourth-order valence-corrected chi connectivity index (χ4v) is 1.93. The second-order valence-electron chi connectivity index (χ2n) is 4.45. The second kappa shape index (κ2) is 4.33. The Labute approximate surface area is 99.4 Å². The molecule has 0 radical (unpaired) electrons. The lowest BCUT2D eigenvalue weighted by Gasteiger charge is -2.18. The molecule has 90 valence electrons. The van der Waals surface area contributed by atoms with Crippen LogP contribution in [0.25, 0.3) is 0 Å². The lowest BCUT2D eigenvalue weighted by atomic mass is 10.3. The number of nitrogens with zero attached hydrogens (tertiary/aromatic N) is 3. The number of aromatic nitrogens is 2. The highest BCUT2D eigenvalue weighted by molar-refractivity contribution is 5.00. The Morgan fingerprint density at radius 1 is 1.41 bits per heavy atom. The molecule has 0 bridgehead atoms. The van der Waals surface area contributed by atoms with Gasteiger partial charge in [-0.15, -0.1) is 0 Å². The van der Waals surface area contributed by atoms with E-state index in [0.29, 0.717) is 24.3 Å². The maximum absolute atomic E-state index is 5.38. The summed E-state index contributed by atoms with van der Waals surface area (Å²) in [7, 11) is 0. The molecule has 0 aromatic carbocycles. The molecule has 3 rings (SSSR count). The summed E-state index contributed by atoms with van der Waals surface area (Å²) in [4.78, 5) is 6.57. The van der Waals surface area contributed by atoms with Crippen molar-refractivity contribution in [2.75, 3.05) is 0 Å². The van der Waals surface area contributed by atoms with Gasteiger partial charge in [0.2, 0.25) is 5.89 Å². The van der Waals surface area contributed by atoms with E-state index in [9.17, 15) is 0 Å². The molecule has 2 heterocycles. The summed E-state index contributed by atoms with van der Waals surface area (Å²) < 4.78 is 10.5. The first kappa shape index (κ1) is 10.5. The van der Waals surface area contributed by atoms with Gasteiger partial charge in [0.1, 0.15) is 5.76 Å². The van der Waals surface area contributed by atoms with Crippen LogP contribution in [0, 0.1) is 6.92 Å². The minimum Gasteiger partial charge on any atom is -0.468 e. The van der Waals surface area contributed by atoms with Crippen LogP contribution in [0.15, 0.2) is 27.3 Å². The molecule has 5 nitrogen and oxygen atoms in total. The van der Waals surface area contributed by atoms with E-state index >= 15 is 0 Å². The molecule has 0 atom stereocenters. The first-order chi connectivity index (χ1) is 8.31. The first-order valence-electron chi connectivity index (χ1n) is 5.87. The van der Waals surface area contributed by atoms with E-state index in [0.717, 1.165) is 12.3 Å². The van der Waals surface area contributed by atoms with Crippen LogP contribution in [0.2, 0.25) is 0 Å². The van der Waals surface area contributed by atoms with Gasteiger partial charge in [0.25, 0.3) is 0 Å². The van der Waals surface area contributed by atoms with E-state index < -0.39 is 0 Å². The monoisotopic (exact) mass is 233 g/mol. The standard InChI is InChI=1S/C12H15N3O2/c1-9-13-12(17-14-9)8-15(10-4-5-10)7-11-3-2-6-16-11/h2-3,6,10H,4-5,7-8H2,1H3. The Hall–Kier alpha value is -1.62. The van der Waals surface area contributed by atoms with E-state index in [1.54, 1.807) is 6.26 Å². The van der Waals surface area contributed by atoms with Crippen molar-refractivity contribution in [3.05, 3.63) is 35.9 Å². The zero-order valence-corrected chi connectivity index (χ0v) is 9.80. The van der Waals surface area contributed by atoms with Crippen LogP contribution in [0.4, 0.5) is 0 Å². The van der Waals surface area contributed by atoms with Gasteiger partial charge in [0.05, 0.1) is 19.4 Å². The smallest absolute Gasteiger partial charge is 0.240 e. The molecule has 1 aliphatic rings. The maximum Gasteiger partial charge on any atom is 0.240 e. The average Bonchev–Trinajstić information content (AvgIpc) is 2.89.